The molecule has 1 fully saturated rings. The molecule has 0 bridgehead atoms. The lowest BCUT2D eigenvalue weighted by atomic mass is 9.75. The summed E-state index contributed by atoms with van der Waals surface area (Å²) in [5.74, 6) is -0.416. The molecule has 1 amide bonds. The highest BCUT2D eigenvalue weighted by Crippen LogP contribution is 2.48. The predicted molar refractivity (Wildman–Crippen MR) is 67.9 cm³/mol. The van der Waals surface area contributed by atoms with E-state index >= 15 is 0 Å². The van der Waals surface area contributed by atoms with E-state index in [9.17, 15) is 14.3 Å². The van der Waals surface area contributed by atoms with Crippen LogP contribution in [0.1, 0.15) is 18.4 Å². The molecule has 1 aromatic rings. The van der Waals surface area contributed by atoms with E-state index in [-0.39, 0.29) is 12.2 Å². The van der Waals surface area contributed by atoms with E-state index in [2.05, 4.69) is 0 Å². The van der Waals surface area contributed by atoms with E-state index in [1.54, 1.807) is 0 Å². The third kappa shape index (κ3) is 1.74. The first kappa shape index (κ1) is 12.2. The summed E-state index contributed by atoms with van der Waals surface area (Å²) in [5.41, 5.74) is 6.26. The zero-order chi connectivity index (χ0) is 13.6. The van der Waals surface area contributed by atoms with Crippen LogP contribution in [0.2, 0.25) is 0 Å². The van der Waals surface area contributed by atoms with Crippen molar-refractivity contribution in [1.82, 2.24) is 0 Å². The summed E-state index contributed by atoms with van der Waals surface area (Å²) in [4.78, 5) is 12.5. The summed E-state index contributed by atoms with van der Waals surface area (Å²) < 4.78 is 19.6. The number of halogens is 1. The Balaban J connectivity index is 2.17. The molecule has 1 spiro atoms. The van der Waals surface area contributed by atoms with Gasteiger partial charge < -0.3 is 15.6 Å². The van der Waals surface area contributed by atoms with Crippen molar-refractivity contribution >= 4 is 17.5 Å². The fourth-order valence-corrected chi connectivity index (χ4v) is 3.16. The van der Waals surface area contributed by atoms with Crippen molar-refractivity contribution in [3.05, 3.63) is 23.5 Å². The summed E-state index contributed by atoms with van der Waals surface area (Å²) in [5, 5.41) is 9.29. The van der Waals surface area contributed by atoms with Crippen LogP contribution in [0.25, 0.3) is 0 Å². The Morgan fingerprint density at radius 3 is 2.74 bits per heavy atom. The highest BCUT2D eigenvalue weighted by Gasteiger charge is 2.47. The highest BCUT2D eigenvalue weighted by atomic mass is 19.1. The number of hydrogen-bond donors (Lipinski definition) is 2. The number of benzene rings is 1. The Bertz CT molecular complexity index is 541. The van der Waals surface area contributed by atoms with Crippen LogP contribution in [-0.4, -0.2) is 31.0 Å². The van der Waals surface area contributed by atoms with Crippen molar-refractivity contribution < 1.29 is 19.0 Å². The minimum atomic E-state index is -1.07. The van der Waals surface area contributed by atoms with E-state index in [1.165, 1.54) is 17.0 Å². The number of ether oxygens (including phenoxy) is 1. The molecule has 3 N–H and O–H groups in total. The third-order valence-electron chi connectivity index (χ3n) is 4.05. The lowest BCUT2D eigenvalue weighted by Crippen LogP contribution is -2.40. The maximum absolute atomic E-state index is 14.3. The number of anilines is 2. The Hall–Kier alpha value is -1.82. The smallest absolute Gasteiger partial charge is 0.411 e. The van der Waals surface area contributed by atoms with Gasteiger partial charge in [-0.05, 0) is 25.0 Å². The van der Waals surface area contributed by atoms with Crippen LogP contribution in [0.5, 0.6) is 0 Å². The van der Waals surface area contributed by atoms with Crippen LogP contribution in [0.15, 0.2) is 12.1 Å². The van der Waals surface area contributed by atoms with Crippen molar-refractivity contribution in [3.63, 3.8) is 0 Å². The van der Waals surface area contributed by atoms with Gasteiger partial charge in [0.25, 0.3) is 0 Å². The standard InChI is InChI=1S/C13H15FN2O3/c14-9-5-8(15)6-10-11(9)13(1-3-19-4-2-13)7-16(10)12(17)18/h5-6H,1-4,7,15H2,(H,17,18). The molecule has 0 aromatic heterocycles. The molecule has 1 saturated heterocycles. The molecule has 102 valence electrons. The van der Waals surface area contributed by atoms with Gasteiger partial charge in [-0.15, -0.1) is 0 Å². The molecular formula is C13H15FN2O3. The van der Waals surface area contributed by atoms with Crippen molar-refractivity contribution in [3.8, 4) is 0 Å². The molecule has 0 unspecified atom stereocenters. The maximum Gasteiger partial charge on any atom is 0.411 e. The quantitative estimate of drug-likeness (QED) is 0.704. The van der Waals surface area contributed by atoms with E-state index in [0.29, 0.717) is 37.3 Å². The van der Waals surface area contributed by atoms with Crippen LogP contribution >= 0.6 is 0 Å². The highest BCUT2D eigenvalue weighted by molar-refractivity contribution is 5.91. The molecule has 2 aliphatic rings. The lowest BCUT2D eigenvalue weighted by Gasteiger charge is -2.33. The first-order chi connectivity index (χ1) is 9.03. The van der Waals surface area contributed by atoms with Gasteiger partial charge in [-0.3, -0.25) is 4.90 Å². The summed E-state index contributed by atoms with van der Waals surface area (Å²) >= 11 is 0. The predicted octanol–water partition coefficient (Wildman–Crippen LogP) is 1.95. The second kappa shape index (κ2) is 4.09. The fraction of sp³-hybridized carbons (Fsp3) is 0.462. The normalized spacial score (nSPS) is 20.6. The molecule has 0 aliphatic carbocycles. The first-order valence-electron chi connectivity index (χ1n) is 6.21. The fourth-order valence-electron chi connectivity index (χ4n) is 3.16. The Morgan fingerprint density at radius 1 is 1.42 bits per heavy atom. The van der Waals surface area contributed by atoms with Crippen LogP contribution in [-0.2, 0) is 10.2 Å². The van der Waals surface area contributed by atoms with Gasteiger partial charge >= 0.3 is 6.09 Å². The van der Waals surface area contributed by atoms with Gasteiger partial charge in [-0.1, -0.05) is 0 Å². The second-order valence-electron chi connectivity index (χ2n) is 5.16. The number of carboxylic acid groups (broad SMARTS) is 1. The molecule has 1 aromatic carbocycles. The first-order valence-corrected chi connectivity index (χ1v) is 6.21. The van der Waals surface area contributed by atoms with E-state index in [1.807, 2.05) is 0 Å². The van der Waals surface area contributed by atoms with E-state index in [4.69, 9.17) is 10.5 Å². The van der Waals surface area contributed by atoms with Crippen LogP contribution < -0.4 is 10.6 Å². The van der Waals surface area contributed by atoms with Gasteiger partial charge in [0.15, 0.2) is 0 Å². The number of carbonyl (C=O) groups is 1. The molecule has 0 saturated carbocycles. The number of amides is 1. The lowest BCUT2D eigenvalue weighted by molar-refractivity contribution is 0.0542. The number of nitrogens with two attached hydrogens (primary N) is 1. The summed E-state index contributed by atoms with van der Waals surface area (Å²) in [7, 11) is 0. The largest absolute Gasteiger partial charge is 0.465 e. The molecule has 3 rings (SSSR count). The summed E-state index contributed by atoms with van der Waals surface area (Å²) in [6, 6.07) is 2.80. The average Bonchev–Trinajstić information content (AvgIpc) is 2.65. The van der Waals surface area contributed by atoms with Gasteiger partial charge in [-0.2, -0.15) is 0 Å². The number of nitrogens with zero attached hydrogens (tertiary/aromatic N) is 1. The maximum atomic E-state index is 14.3. The summed E-state index contributed by atoms with van der Waals surface area (Å²) in [6.07, 6.45) is 0.185. The van der Waals surface area contributed by atoms with Gasteiger partial charge in [0.2, 0.25) is 0 Å². The number of hydrogen-bond acceptors (Lipinski definition) is 3. The molecule has 5 nitrogen and oxygen atoms in total. The van der Waals surface area contributed by atoms with Crippen LogP contribution in [0.3, 0.4) is 0 Å². The van der Waals surface area contributed by atoms with Crippen molar-refractivity contribution in [1.29, 1.82) is 0 Å². The van der Waals surface area contributed by atoms with Gasteiger partial charge in [0.05, 0.1) is 5.69 Å². The van der Waals surface area contributed by atoms with Gasteiger partial charge in [0, 0.05) is 36.4 Å². The Labute approximate surface area is 109 Å². The van der Waals surface area contributed by atoms with Crippen molar-refractivity contribution in [2.24, 2.45) is 0 Å². The number of fused-ring (bicyclic) bond motifs is 2. The molecule has 19 heavy (non-hydrogen) atoms. The zero-order valence-corrected chi connectivity index (χ0v) is 10.4. The molecule has 2 heterocycles. The van der Waals surface area contributed by atoms with Gasteiger partial charge in [-0.25, -0.2) is 9.18 Å². The van der Waals surface area contributed by atoms with Gasteiger partial charge in [0.1, 0.15) is 5.82 Å². The minimum Gasteiger partial charge on any atom is -0.465 e. The zero-order valence-electron chi connectivity index (χ0n) is 10.4. The molecule has 2 aliphatic heterocycles. The van der Waals surface area contributed by atoms with Crippen LogP contribution in [0.4, 0.5) is 20.6 Å². The summed E-state index contributed by atoms with van der Waals surface area (Å²) in [6.45, 7) is 1.33. The Kier molecular flexibility index (Phi) is 2.63. The minimum absolute atomic E-state index is 0.242. The topological polar surface area (TPSA) is 75.8 Å². The van der Waals surface area contributed by atoms with E-state index < -0.39 is 17.3 Å². The number of nitrogen functional groups attached to an aromatic ring is 1. The molecular weight excluding hydrogens is 251 g/mol. The third-order valence-corrected chi connectivity index (χ3v) is 4.05. The second-order valence-corrected chi connectivity index (χ2v) is 5.16. The van der Waals surface area contributed by atoms with Crippen molar-refractivity contribution in [2.45, 2.75) is 18.3 Å². The molecule has 0 atom stereocenters. The van der Waals surface area contributed by atoms with Crippen molar-refractivity contribution in [2.75, 3.05) is 30.4 Å². The SMILES string of the molecule is Nc1cc(F)c2c(c1)N(C(=O)O)CC21CCOCC1. The monoisotopic (exact) mass is 266 g/mol. The molecule has 6 heteroatoms. The van der Waals surface area contributed by atoms with Crippen LogP contribution in [0, 0.1) is 5.82 Å². The molecule has 0 radical (unpaired) electrons. The number of rotatable bonds is 0. The van der Waals surface area contributed by atoms with E-state index in [0.717, 1.165) is 0 Å². The Morgan fingerprint density at radius 2 is 2.11 bits per heavy atom. The average molecular weight is 266 g/mol.